The Morgan fingerprint density at radius 3 is 2.71 bits per heavy atom. The lowest BCUT2D eigenvalue weighted by atomic mass is 10.2. The maximum atomic E-state index is 12.1. The predicted octanol–water partition coefficient (Wildman–Crippen LogP) is 0.530. The first-order valence-corrected chi connectivity index (χ1v) is 5.47. The fourth-order valence-corrected chi connectivity index (χ4v) is 1.96. The van der Waals surface area contributed by atoms with Gasteiger partial charge in [0.05, 0.1) is 17.6 Å². The van der Waals surface area contributed by atoms with Gasteiger partial charge in [0.15, 0.2) is 0 Å². The average molecular weight is 254 g/mol. The SMILES string of the molecule is CNCn1c(=O)c2cc(Cl)ccc2n(C)c1=O. The van der Waals surface area contributed by atoms with Crippen molar-refractivity contribution in [2.75, 3.05) is 7.05 Å². The van der Waals surface area contributed by atoms with Crippen molar-refractivity contribution in [2.24, 2.45) is 7.05 Å². The summed E-state index contributed by atoms with van der Waals surface area (Å²) >= 11 is 5.86. The minimum Gasteiger partial charge on any atom is -0.302 e. The summed E-state index contributed by atoms with van der Waals surface area (Å²) in [6.07, 6.45) is 0. The van der Waals surface area contributed by atoms with Gasteiger partial charge in [0.25, 0.3) is 5.56 Å². The molecular formula is C11H12ClN3O2. The maximum Gasteiger partial charge on any atom is 0.332 e. The van der Waals surface area contributed by atoms with Crippen LogP contribution in [-0.2, 0) is 13.7 Å². The summed E-state index contributed by atoms with van der Waals surface area (Å²) in [7, 11) is 3.30. The summed E-state index contributed by atoms with van der Waals surface area (Å²) in [6, 6.07) is 4.90. The van der Waals surface area contributed by atoms with Crippen LogP contribution >= 0.6 is 11.6 Å². The molecule has 0 fully saturated rings. The quantitative estimate of drug-likeness (QED) is 0.850. The van der Waals surface area contributed by atoms with Crippen LogP contribution in [0.4, 0.5) is 0 Å². The van der Waals surface area contributed by atoms with Crippen LogP contribution in [0, 0.1) is 0 Å². The molecule has 0 spiro atoms. The zero-order chi connectivity index (χ0) is 12.6. The summed E-state index contributed by atoms with van der Waals surface area (Å²) in [5.74, 6) is 0. The molecule has 5 nitrogen and oxygen atoms in total. The Morgan fingerprint density at radius 2 is 2.06 bits per heavy atom. The van der Waals surface area contributed by atoms with Crippen LogP contribution in [0.15, 0.2) is 27.8 Å². The van der Waals surface area contributed by atoms with Crippen molar-refractivity contribution in [1.29, 1.82) is 0 Å². The molecule has 0 aliphatic carbocycles. The maximum absolute atomic E-state index is 12.1. The number of fused-ring (bicyclic) bond motifs is 1. The lowest BCUT2D eigenvalue weighted by Gasteiger charge is -2.10. The van der Waals surface area contributed by atoms with Gasteiger partial charge < -0.3 is 5.32 Å². The van der Waals surface area contributed by atoms with E-state index >= 15 is 0 Å². The fraction of sp³-hybridized carbons (Fsp3) is 0.273. The molecule has 2 aromatic rings. The Morgan fingerprint density at radius 1 is 1.35 bits per heavy atom. The summed E-state index contributed by atoms with van der Waals surface area (Å²) in [5.41, 5.74) is -0.101. The number of aromatic nitrogens is 2. The van der Waals surface area contributed by atoms with Gasteiger partial charge in [-0.1, -0.05) is 11.6 Å². The van der Waals surface area contributed by atoms with Gasteiger partial charge in [0, 0.05) is 12.1 Å². The largest absolute Gasteiger partial charge is 0.332 e. The van der Waals surface area contributed by atoms with E-state index in [0.29, 0.717) is 15.9 Å². The monoisotopic (exact) mass is 253 g/mol. The van der Waals surface area contributed by atoms with E-state index in [9.17, 15) is 9.59 Å². The number of hydrogen-bond acceptors (Lipinski definition) is 3. The molecule has 0 radical (unpaired) electrons. The van der Waals surface area contributed by atoms with Crippen molar-refractivity contribution in [2.45, 2.75) is 6.67 Å². The molecule has 0 bridgehead atoms. The highest BCUT2D eigenvalue weighted by atomic mass is 35.5. The fourth-order valence-electron chi connectivity index (χ4n) is 1.79. The average Bonchev–Trinajstić information content (AvgIpc) is 2.32. The zero-order valence-corrected chi connectivity index (χ0v) is 10.3. The first-order valence-electron chi connectivity index (χ1n) is 5.10. The van der Waals surface area contributed by atoms with Crippen LogP contribution in [0.3, 0.4) is 0 Å². The highest BCUT2D eigenvalue weighted by Crippen LogP contribution is 2.14. The third-order valence-corrected chi connectivity index (χ3v) is 2.86. The van der Waals surface area contributed by atoms with Gasteiger partial charge in [-0.25, -0.2) is 9.36 Å². The second kappa shape index (κ2) is 4.35. The summed E-state index contributed by atoms with van der Waals surface area (Å²) < 4.78 is 2.57. The topological polar surface area (TPSA) is 56.0 Å². The van der Waals surface area contributed by atoms with Crippen LogP contribution < -0.4 is 16.6 Å². The molecule has 0 amide bonds. The summed E-state index contributed by atoms with van der Waals surface area (Å²) in [6.45, 7) is 0.175. The van der Waals surface area contributed by atoms with Crippen molar-refractivity contribution in [1.82, 2.24) is 14.5 Å². The number of nitrogens with one attached hydrogen (secondary N) is 1. The highest BCUT2D eigenvalue weighted by molar-refractivity contribution is 6.31. The Labute approximate surface area is 102 Å². The zero-order valence-electron chi connectivity index (χ0n) is 9.53. The van der Waals surface area contributed by atoms with Crippen molar-refractivity contribution >= 4 is 22.5 Å². The van der Waals surface area contributed by atoms with Gasteiger partial charge in [0.2, 0.25) is 0 Å². The van der Waals surface area contributed by atoms with E-state index < -0.39 is 0 Å². The molecule has 90 valence electrons. The lowest BCUT2D eigenvalue weighted by Crippen LogP contribution is -2.41. The molecule has 1 heterocycles. The van der Waals surface area contributed by atoms with Gasteiger partial charge in [-0.15, -0.1) is 0 Å². The Bertz CT molecular complexity index is 687. The lowest BCUT2D eigenvalue weighted by molar-refractivity contribution is 0.553. The van der Waals surface area contributed by atoms with Gasteiger partial charge in [-0.3, -0.25) is 9.36 Å². The van der Waals surface area contributed by atoms with Gasteiger partial charge in [-0.2, -0.15) is 0 Å². The molecular weight excluding hydrogens is 242 g/mol. The van der Waals surface area contributed by atoms with Crippen molar-refractivity contribution in [3.8, 4) is 0 Å². The van der Waals surface area contributed by atoms with Crippen molar-refractivity contribution < 1.29 is 0 Å². The molecule has 0 unspecified atom stereocenters. The molecule has 0 atom stereocenters. The molecule has 0 aliphatic heterocycles. The minimum atomic E-state index is -0.348. The number of nitrogens with zero attached hydrogens (tertiary/aromatic N) is 2. The highest BCUT2D eigenvalue weighted by Gasteiger charge is 2.10. The molecule has 0 aliphatic rings. The Balaban J connectivity index is 2.96. The van der Waals surface area contributed by atoms with E-state index in [0.717, 1.165) is 4.57 Å². The van der Waals surface area contributed by atoms with Gasteiger partial charge >= 0.3 is 5.69 Å². The minimum absolute atomic E-state index is 0.175. The van der Waals surface area contributed by atoms with E-state index in [-0.39, 0.29) is 17.9 Å². The van der Waals surface area contributed by atoms with E-state index in [1.54, 1.807) is 32.3 Å². The van der Waals surface area contributed by atoms with Crippen LogP contribution in [0.5, 0.6) is 0 Å². The number of halogens is 1. The smallest absolute Gasteiger partial charge is 0.302 e. The van der Waals surface area contributed by atoms with Gasteiger partial charge in [-0.05, 0) is 25.2 Å². The Kier molecular flexibility index (Phi) is 3.04. The predicted molar refractivity (Wildman–Crippen MR) is 67.5 cm³/mol. The van der Waals surface area contributed by atoms with E-state index in [1.165, 1.54) is 4.57 Å². The second-order valence-corrected chi connectivity index (χ2v) is 4.18. The first kappa shape index (κ1) is 11.9. The third kappa shape index (κ3) is 1.87. The molecule has 17 heavy (non-hydrogen) atoms. The summed E-state index contributed by atoms with van der Waals surface area (Å²) in [5, 5.41) is 3.70. The second-order valence-electron chi connectivity index (χ2n) is 3.75. The molecule has 2 rings (SSSR count). The van der Waals surface area contributed by atoms with E-state index in [4.69, 9.17) is 11.6 Å². The van der Waals surface area contributed by atoms with Crippen LogP contribution in [0.25, 0.3) is 10.9 Å². The van der Waals surface area contributed by atoms with Crippen LogP contribution in [-0.4, -0.2) is 16.2 Å². The van der Waals surface area contributed by atoms with Crippen LogP contribution in [0.2, 0.25) is 5.02 Å². The molecule has 1 aromatic heterocycles. The Hall–Kier alpha value is -1.59. The van der Waals surface area contributed by atoms with Crippen molar-refractivity contribution in [3.63, 3.8) is 0 Å². The molecule has 0 saturated carbocycles. The normalized spacial score (nSPS) is 11.0. The number of rotatable bonds is 2. The number of aryl methyl sites for hydroxylation is 1. The first-order chi connectivity index (χ1) is 8.06. The van der Waals surface area contributed by atoms with Crippen LogP contribution in [0.1, 0.15) is 0 Å². The van der Waals surface area contributed by atoms with E-state index in [2.05, 4.69) is 5.32 Å². The number of hydrogen-bond donors (Lipinski definition) is 1. The molecule has 1 N–H and O–H groups in total. The summed E-state index contributed by atoms with van der Waals surface area (Å²) in [4.78, 5) is 24.0. The standard InChI is InChI=1S/C11H12ClN3O2/c1-13-6-15-10(16)8-5-7(12)3-4-9(8)14(2)11(15)17/h3-5,13H,6H2,1-2H3. The van der Waals surface area contributed by atoms with Crippen molar-refractivity contribution in [3.05, 3.63) is 44.1 Å². The third-order valence-electron chi connectivity index (χ3n) is 2.63. The molecule has 6 heteroatoms. The van der Waals surface area contributed by atoms with E-state index in [1.807, 2.05) is 0 Å². The number of benzene rings is 1. The molecule has 0 saturated heterocycles. The van der Waals surface area contributed by atoms with Gasteiger partial charge in [0.1, 0.15) is 0 Å². The molecule has 1 aromatic carbocycles.